The first kappa shape index (κ1) is 32.7. The summed E-state index contributed by atoms with van der Waals surface area (Å²) >= 11 is 0. The number of hydrogen-bond donors (Lipinski definition) is 1. The summed E-state index contributed by atoms with van der Waals surface area (Å²) in [5, 5.41) is 7.41. The number of pyridine rings is 1. The minimum atomic E-state index is -1.23. The molecule has 3 unspecified atom stereocenters. The summed E-state index contributed by atoms with van der Waals surface area (Å²) in [5.41, 5.74) is 1.74. The Labute approximate surface area is 264 Å². The van der Waals surface area contributed by atoms with E-state index in [1.165, 1.54) is 12.4 Å². The number of carbonyl (C=O) groups excluding carboxylic acids is 1. The third kappa shape index (κ3) is 8.13. The number of benzene rings is 1. The average Bonchev–Trinajstić information content (AvgIpc) is 3.58. The van der Waals surface area contributed by atoms with Crippen LogP contribution in [0.15, 0.2) is 42.9 Å². The van der Waals surface area contributed by atoms with Crippen molar-refractivity contribution in [3.63, 3.8) is 0 Å². The van der Waals surface area contributed by atoms with Gasteiger partial charge in [-0.15, -0.1) is 0 Å². The number of amides is 1. The van der Waals surface area contributed by atoms with E-state index in [1.54, 1.807) is 36.2 Å². The van der Waals surface area contributed by atoms with Crippen molar-refractivity contribution in [1.82, 2.24) is 34.6 Å². The number of halogens is 1. The minimum Gasteiger partial charge on any atom is -0.444 e. The van der Waals surface area contributed by atoms with Crippen LogP contribution in [0.5, 0.6) is 0 Å². The molecule has 1 N–H and O–H groups in total. The van der Waals surface area contributed by atoms with Crippen LogP contribution in [-0.2, 0) is 20.9 Å². The lowest BCUT2D eigenvalue weighted by Crippen LogP contribution is -2.45. The van der Waals surface area contributed by atoms with E-state index in [0.29, 0.717) is 54.3 Å². The van der Waals surface area contributed by atoms with E-state index in [9.17, 15) is 4.79 Å². The van der Waals surface area contributed by atoms with Crippen molar-refractivity contribution in [2.45, 2.75) is 96.2 Å². The molecule has 0 bridgehead atoms. The molecule has 11 nitrogen and oxygen atoms in total. The van der Waals surface area contributed by atoms with E-state index in [0.717, 1.165) is 11.6 Å². The highest BCUT2D eigenvalue weighted by Crippen LogP contribution is 2.38. The molecule has 242 valence electrons. The fourth-order valence-corrected chi connectivity index (χ4v) is 6.40. The second-order valence-corrected chi connectivity index (χ2v) is 19.5. The van der Waals surface area contributed by atoms with Gasteiger partial charge in [-0.3, -0.25) is 4.98 Å². The van der Waals surface area contributed by atoms with Gasteiger partial charge in [0.1, 0.15) is 41.5 Å². The molecule has 1 aliphatic rings. The predicted molar refractivity (Wildman–Crippen MR) is 173 cm³/mol. The highest BCUT2D eigenvalue weighted by molar-refractivity contribution is 6.76. The highest BCUT2D eigenvalue weighted by atomic mass is 28.3. The zero-order valence-corrected chi connectivity index (χ0v) is 28.2. The van der Waals surface area contributed by atoms with Crippen molar-refractivity contribution >= 4 is 25.2 Å². The maximum atomic E-state index is 15.3. The van der Waals surface area contributed by atoms with E-state index < -0.39 is 19.8 Å². The minimum absolute atomic E-state index is 0.146. The van der Waals surface area contributed by atoms with Gasteiger partial charge in [0.15, 0.2) is 5.82 Å². The van der Waals surface area contributed by atoms with Crippen molar-refractivity contribution in [2.75, 3.05) is 13.7 Å². The number of nitrogens with one attached hydrogen (secondary N) is 1. The Hall–Kier alpha value is -3.68. The van der Waals surface area contributed by atoms with Crippen molar-refractivity contribution in [3.8, 4) is 22.9 Å². The van der Waals surface area contributed by atoms with Crippen LogP contribution in [0.2, 0.25) is 25.7 Å². The average molecular weight is 638 g/mol. The van der Waals surface area contributed by atoms with E-state index in [-0.39, 0.29) is 30.7 Å². The number of hydrogen-bond acceptors (Lipinski definition) is 8. The number of fused-ring (bicyclic) bond motifs is 1. The predicted octanol–water partition coefficient (Wildman–Crippen LogP) is 6.44. The molecule has 3 heterocycles. The summed E-state index contributed by atoms with van der Waals surface area (Å²) in [7, 11) is 0.438. The van der Waals surface area contributed by atoms with Crippen LogP contribution in [0.1, 0.15) is 46.1 Å². The lowest BCUT2D eigenvalue weighted by molar-refractivity contribution is 0.0277. The molecule has 0 aliphatic heterocycles. The van der Waals surface area contributed by atoms with Crippen molar-refractivity contribution < 1.29 is 23.4 Å². The van der Waals surface area contributed by atoms with Gasteiger partial charge in [0, 0.05) is 33.9 Å². The van der Waals surface area contributed by atoms with Crippen LogP contribution in [0, 0.1) is 5.82 Å². The molecular weight excluding hydrogens is 593 g/mol. The summed E-state index contributed by atoms with van der Waals surface area (Å²) in [6.45, 7) is 13.3. The molecule has 45 heavy (non-hydrogen) atoms. The van der Waals surface area contributed by atoms with Gasteiger partial charge >= 0.3 is 6.09 Å². The molecule has 1 aliphatic carbocycles. The topological polar surface area (TPSA) is 118 Å². The first-order valence-corrected chi connectivity index (χ1v) is 19.1. The van der Waals surface area contributed by atoms with Crippen LogP contribution in [0.25, 0.3) is 33.9 Å². The number of rotatable bonds is 10. The van der Waals surface area contributed by atoms with E-state index in [2.05, 4.69) is 44.6 Å². The number of alkyl carbamates (subject to hydrolysis) is 1. The second-order valence-electron chi connectivity index (χ2n) is 13.8. The maximum absolute atomic E-state index is 15.3. The van der Waals surface area contributed by atoms with E-state index in [4.69, 9.17) is 19.2 Å². The van der Waals surface area contributed by atoms with Gasteiger partial charge in [-0.1, -0.05) is 31.8 Å². The molecule has 1 fully saturated rings. The summed E-state index contributed by atoms with van der Waals surface area (Å²) in [6, 6.07) is 9.17. The molecule has 1 aromatic carbocycles. The van der Waals surface area contributed by atoms with Crippen LogP contribution >= 0.6 is 0 Å². The number of imidazole rings is 1. The first-order chi connectivity index (χ1) is 21.3. The van der Waals surface area contributed by atoms with Crippen LogP contribution in [0.3, 0.4) is 0 Å². The number of nitrogens with zero attached hydrogens (tertiary/aromatic N) is 6. The molecule has 3 aromatic heterocycles. The zero-order valence-electron chi connectivity index (χ0n) is 27.2. The summed E-state index contributed by atoms with van der Waals surface area (Å²) < 4.78 is 36.3. The van der Waals surface area contributed by atoms with Crippen molar-refractivity contribution in [3.05, 3.63) is 48.7 Å². The Morgan fingerprint density at radius 1 is 1.11 bits per heavy atom. The van der Waals surface area contributed by atoms with Crippen LogP contribution < -0.4 is 5.32 Å². The zero-order chi connectivity index (χ0) is 32.4. The van der Waals surface area contributed by atoms with Gasteiger partial charge in [-0.05, 0) is 64.3 Å². The normalized spacial score (nSPS) is 19.2. The molecule has 3 atom stereocenters. The van der Waals surface area contributed by atoms with Crippen molar-refractivity contribution in [1.29, 1.82) is 0 Å². The van der Waals surface area contributed by atoms with Gasteiger partial charge in [0.25, 0.3) is 0 Å². The molecule has 13 heteroatoms. The lowest BCUT2D eigenvalue weighted by Gasteiger charge is -2.36. The molecule has 5 rings (SSSR count). The number of ether oxygens (including phenoxy) is 3. The van der Waals surface area contributed by atoms with Crippen molar-refractivity contribution in [2.24, 2.45) is 0 Å². The monoisotopic (exact) mass is 637 g/mol. The Kier molecular flexibility index (Phi) is 9.70. The number of aromatic nitrogens is 6. The molecular formula is C32H44FN7O4Si. The molecule has 1 saturated carbocycles. The van der Waals surface area contributed by atoms with Crippen LogP contribution in [0.4, 0.5) is 9.18 Å². The Bertz CT molecular complexity index is 1630. The van der Waals surface area contributed by atoms with E-state index >= 15 is 4.39 Å². The first-order valence-electron chi connectivity index (χ1n) is 15.4. The Morgan fingerprint density at radius 2 is 1.89 bits per heavy atom. The smallest absolute Gasteiger partial charge is 0.407 e. The molecule has 4 aromatic rings. The van der Waals surface area contributed by atoms with Gasteiger partial charge in [0.2, 0.25) is 0 Å². The molecule has 0 radical (unpaired) electrons. The standard InChI is InChI=1S/C32H44FN7O4Si/c1-32(2,3)44-31(41)37-21-14-22(16-23(15-21)42-4)40-28-17-26(30-35-19-36-39(30)20-43-12-13-45(5,6)7)34-18-27(28)38-29(40)24-10-8-9-11-25(24)33/h8-11,17-19,21-23H,12-16,20H2,1-7H3,(H,37,41). The SMILES string of the molecule is COC1CC(NC(=O)OC(C)(C)C)CC(n2c(-c3ccccc3F)nc3cnc(-c4ncnn4COCC[Si](C)(C)C)cc32)C1. The summed E-state index contributed by atoms with van der Waals surface area (Å²) in [5.74, 6) is 0.670. The van der Waals surface area contributed by atoms with Gasteiger partial charge in [0.05, 0.1) is 23.4 Å². The van der Waals surface area contributed by atoms with Gasteiger partial charge in [-0.2, -0.15) is 5.10 Å². The third-order valence-electron chi connectivity index (χ3n) is 7.80. The van der Waals surface area contributed by atoms with Gasteiger partial charge in [-0.25, -0.2) is 23.8 Å². The third-order valence-corrected chi connectivity index (χ3v) is 9.51. The molecule has 0 spiro atoms. The summed E-state index contributed by atoms with van der Waals surface area (Å²) in [4.78, 5) is 26.8. The number of carbonyl (C=O) groups is 1. The Morgan fingerprint density at radius 3 is 2.60 bits per heavy atom. The van der Waals surface area contributed by atoms with Crippen LogP contribution in [-0.4, -0.2) is 74.9 Å². The van der Waals surface area contributed by atoms with Gasteiger partial charge < -0.3 is 24.1 Å². The fraction of sp³-hybridized carbons (Fsp3) is 0.531. The maximum Gasteiger partial charge on any atom is 0.407 e. The largest absolute Gasteiger partial charge is 0.444 e. The highest BCUT2D eigenvalue weighted by Gasteiger charge is 2.34. The quantitative estimate of drug-likeness (QED) is 0.156. The summed E-state index contributed by atoms with van der Waals surface area (Å²) in [6.07, 6.45) is 4.39. The Balaban J connectivity index is 1.53. The molecule has 0 saturated heterocycles. The lowest BCUT2D eigenvalue weighted by atomic mass is 9.88. The van der Waals surface area contributed by atoms with E-state index in [1.807, 2.05) is 26.8 Å². The molecule has 1 amide bonds. The number of methoxy groups -OCH3 is 1. The fourth-order valence-electron chi connectivity index (χ4n) is 5.64. The second kappa shape index (κ2) is 13.4.